The molecule has 2 amide bonds. The molecule has 1 saturated heterocycles. The third kappa shape index (κ3) is 3.89. The molecule has 1 saturated carbocycles. The molecule has 0 spiro atoms. The fourth-order valence-electron chi connectivity index (χ4n) is 4.13. The van der Waals surface area contributed by atoms with Gasteiger partial charge in [-0.25, -0.2) is 4.79 Å². The van der Waals surface area contributed by atoms with Crippen LogP contribution in [0.3, 0.4) is 0 Å². The molecular formula is C20H26N2O4. The van der Waals surface area contributed by atoms with Gasteiger partial charge in [-0.3, -0.25) is 9.59 Å². The second kappa shape index (κ2) is 7.89. The molecule has 0 radical (unpaired) electrons. The number of amides is 2. The minimum atomic E-state index is -0.982. The Morgan fingerprint density at radius 3 is 2.31 bits per heavy atom. The van der Waals surface area contributed by atoms with E-state index in [-0.39, 0.29) is 29.2 Å². The minimum absolute atomic E-state index is 0.125. The number of aryl methyl sites for hydroxylation is 1. The van der Waals surface area contributed by atoms with Crippen LogP contribution in [0.1, 0.15) is 54.4 Å². The third-order valence-corrected chi connectivity index (χ3v) is 5.56. The van der Waals surface area contributed by atoms with Crippen molar-refractivity contribution in [2.45, 2.75) is 45.4 Å². The van der Waals surface area contributed by atoms with Crippen molar-refractivity contribution in [3.63, 3.8) is 0 Å². The predicted octanol–water partition coefficient (Wildman–Crippen LogP) is 3.06. The van der Waals surface area contributed by atoms with Gasteiger partial charge in [-0.1, -0.05) is 12.8 Å². The lowest BCUT2D eigenvalue weighted by atomic mass is 9.77. The molecule has 2 aliphatic rings. The molecule has 1 aliphatic carbocycles. The Bertz CT molecular complexity index is 710. The molecule has 1 aromatic carbocycles. The van der Waals surface area contributed by atoms with Gasteiger partial charge in [0.25, 0.3) is 0 Å². The number of carbonyl (C=O) groups excluding carboxylic acids is 2. The maximum atomic E-state index is 12.8. The van der Waals surface area contributed by atoms with E-state index in [1.165, 1.54) is 6.07 Å². The van der Waals surface area contributed by atoms with Crippen LogP contribution in [0.15, 0.2) is 18.2 Å². The van der Waals surface area contributed by atoms with E-state index in [4.69, 9.17) is 5.11 Å². The van der Waals surface area contributed by atoms with Crippen molar-refractivity contribution in [1.82, 2.24) is 4.90 Å². The van der Waals surface area contributed by atoms with E-state index in [0.29, 0.717) is 11.3 Å². The molecule has 26 heavy (non-hydrogen) atoms. The van der Waals surface area contributed by atoms with Crippen LogP contribution in [0.2, 0.25) is 0 Å². The van der Waals surface area contributed by atoms with Crippen LogP contribution in [-0.2, 0) is 9.59 Å². The molecule has 140 valence electrons. The van der Waals surface area contributed by atoms with Crippen LogP contribution < -0.4 is 5.32 Å². The maximum absolute atomic E-state index is 12.8. The van der Waals surface area contributed by atoms with Crippen LogP contribution in [0.4, 0.5) is 5.69 Å². The number of likely N-dealkylation sites (tertiary alicyclic amines) is 1. The van der Waals surface area contributed by atoms with Crippen molar-refractivity contribution in [1.29, 1.82) is 0 Å². The number of nitrogens with one attached hydrogen (secondary N) is 1. The molecule has 2 N–H and O–H groups in total. The van der Waals surface area contributed by atoms with Gasteiger partial charge in [0.1, 0.15) is 0 Å². The Morgan fingerprint density at radius 2 is 1.69 bits per heavy atom. The Labute approximate surface area is 153 Å². The third-order valence-electron chi connectivity index (χ3n) is 5.56. The molecule has 6 heteroatoms. The van der Waals surface area contributed by atoms with Crippen LogP contribution >= 0.6 is 0 Å². The lowest BCUT2D eigenvalue weighted by molar-refractivity contribution is -0.141. The van der Waals surface area contributed by atoms with Crippen LogP contribution in [-0.4, -0.2) is 40.9 Å². The number of carboxylic acid groups (broad SMARTS) is 1. The first kappa shape index (κ1) is 18.4. The second-order valence-corrected chi connectivity index (χ2v) is 7.35. The highest BCUT2D eigenvalue weighted by Crippen LogP contribution is 2.33. The van der Waals surface area contributed by atoms with Gasteiger partial charge in [0, 0.05) is 30.6 Å². The predicted molar refractivity (Wildman–Crippen MR) is 98.0 cm³/mol. The number of rotatable bonds is 4. The topological polar surface area (TPSA) is 86.7 Å². The van der Waals surface area contributed by atoms with Crippen molar-refractivity contribution >= 4 is 23.5 Å². The first-order valence-corrected chi connectivity index (χ1v) is 9.41. The minimum Gasteiger partial charge on any atom is -0.478 e. The van der Waals surface area contributed by atoms with Gasteiger partial charge in [0.05, 0.1) is 5.56 Å². The molecule has 2 unspecified atom stereocenters. The van der Waals surface area contributed by atoms with Gasteiger partial charge < -0.3 is 15.3 Å². The summed E-state index contributed by atoms with van der Waals surface area (Å²) in [6, 6.07) is 4.77. The molecule has 0 aromatic heterocycles. The molecule has 1 heterocycles. The smallest absolute Gasteiger partial charge is 0.335 e. The van der Waals surface area contributed by atoms with Gasteiger partial charge in [-0.05, 0) is 56.4 Å². The molecule has 3 rings (SSSR count). The van der Waals surface area contributed by atoms with Gasteiger partial charge in [0.15, 0.2) is 0 Å². The highest BCUT2D eigenvalue weighted by molar-refractivity contribution is 5.97. The zero-order valence-corrected chi connectivity index (χ0v) is 15.2. The summed E-state index contributed by atoms with van der Waals surface area (Å²) < 4.78 is 0. The quantitative estimate of drug-likeness (QED) is 0.866. The average Bonchev–Trinajstić information content (AvgIpc) is 3.15. The van der Waals surface area contributed by atoms with Gasteiger partial charge in [-0.2, -0.15) is 0 Å². The zero-order valence-electron chi connectivity index (χ0n) is 15.2. The Morgan fingerprint density at radius 1 is 1.04 bits per heavy atom. The van der Waals surface area contributed by atoms with E-state index in [1.807, 2.05) is 4.90 Å². The average molecular weight is 358 g/mol. The highest BCUT2D eigenvalue weighted by Gasteiger charge is 2.38. The normalized spacial score (nSPS) is 22.9. The number of anilines is 1. The number of carboxylic acids is 1. The Kier molecular flexibility index (Phi) is 5.59. The molecule has 1 aliphatic heterocycles. The molecule has 2 atom stereocenters. The second-order valence-electron chi connectivity index (χ2n) is 7.35. The number of nitrogens with zero attached hydrogens (tertiary/aromatic N) is 1. The Balaban J connectivity index is 1.71. The summed E-state index contributed by atoms with van der Waals surface area (Å²) in [6.45, 7) is 3.32. The largest absolute Gasteiger partial charge is 0.478 e. The summed E-state index contributed by atoms with van der Waals surface area (Å²) in [4.78, 5) is 38.7. The number of benzene rings is 1. The molecule has 6 nitrogen and oxygen atoms in total. The molecule has 1 aromatic rings. The molecular weight excluding hydrogens is 332 g/mol. The van der Waals surface area contributed by atoms with E-state index >= 15 is 0 Å². The van der Waals surface area contributed by atoms with Gasteiger partial charge in [-0.15, -0.1) is 0 Å². The van der Waals surface area contributed by atoms with Crippen molar-refractivity contribution < 1.29 is 19.5 Å². The number of hydrogen-bond donors (Lipinski definition) is 2. The van der Waals surface area contributed by atoms with E-state index in [0.717, 1.165) is 51.6 Å². The number of hydrogen-bond acceptors (Lipinski definition) is 3. The first-order valence-electron chi connectivity index (χ1n) is 9.41. The van der Waals surface area contributed by atoms with E-state index in [1.54, 1.807) is 19.1 Å². The lowest BCUT2D eigenvalue weighted by Crippen LogP contribution is -2.42. The van der Waals surface area contributed by atoms with E-state index in [2.05, 4.69) is 5.32 Å². The van der Waals surface area contributed by atoms with Gasteiger partial charge >= 0.3 is 5.97 Å². The van der Waals surface area contributed by atoms with Crippen molar-refractivity contribution in [2.24, 2.45) is 11.8 Å². The fourth-order valence-corrected chi connectivity index (χ4v) is 4.13. The summed E-state index contributed by atoms with van der Waals surface area (Å²) in [5.74, 6) is -1.54. The van der Waals surface area contributed by atoms with Crippen molar-refractivity contribution in [3.8, 4) is 0 Å². The summed E-state index contributed by atoms with van der Waals surface area (Å²) >= 11 is 0. The van der Waals surface area contributed by atoms with Crippen LogP contribution in [0, 0.1) is 18.8 Å². The lowest BCUT2D eigenvalue weighted by Gasteiger charge is -2.32. The van der Waals surface area contributed by atoms with Crippen molar-refractivity contribution in [3.05, 3.63) is 29.3 Å². The standard InChI is InChI=1S/C20H26N2O4/c1-13-12-14(8-9-15(13)20(25)26)21-18(23)16-6-2-3-7-17(16)19(24)22-10-4-5-11-22/h8-9,12,16-17H,2-7,10-11H2,1H3,(H,21,23)(H,25,26). The summed E-state index contributed by atoms with van der Waals surface area (Å²) in [5.41, 5.74) is 1.40. The zero-order chi connectivity index (χ0) is 18.7. The number of carbonyl (C=O) groups is 3. The van der Waals surface area contributed by atoms with E-state index < -0.39 is 5.97 Å². The SMILES string of the molecule is Cc1cc(NC(=O)C2CCCCC2C(=O)N2CCCC2)ccc1C(=O)O. The number of aromatic carboxylic acids is 1. The van der Waals surface area contributed by atoms with Gasteiger partial charge in [0.2, 0.25) is 11.8 Å². The summed E-state index contributed by atoms with van der Waals surface area (Å²) in [6.07, 6.45) is 5.53. The highest BCUT2D eigenvalue weighted by atomic mass is 16.4. The monoisotopic (exact) mass is 358 g/mol. The van der Waals surface area contributed by atoms with E-state index in [9.17, 15) is 14.4 Å². The maximum Gasteiger partial charge on any atom is 0.335 e. The fraction of sp³-hybridized carbons (Fsp3) is 0.550. The first-order chi connectivity index (χ1) is 12.5. The summed E-state index contributed by atoms with van der Waals surface area (Å²) in [7, 11) is 0. The molecule has 0 bridgehead atoms. The molecule has 2 fully saturated rings. The summed E-state index contributed by atoms with van der Waals surface area (Å²) in [5, 5.41) is 12.0. The Hall–Kier alpha value is -2.37. The van der Waals surface area contributed by atoms with Crippen LogP contribution in [0.5, 0.6) is 0 Å². The van der Waals surface area contributed by atoms with Crippen LogP contribution in [0.25, 0.3) is 0 Å². The van der Waals surface area contributed by atoms with Crippen molar-refractivity contribution in [2.75, 3.05) is 18.4 Å².